The van der Waals surface area contributed by atoms with Crippen LogP contribution in [0.15, 0.2) is 0 Å². The Hall–Kier alpha value is -0.0500. The van der Waals surface area contributed by atoms with Crippen molar-refractivity contribution in [3.05, 3.63) is 6.92 Å². The van der Waals surface area contributed by atoms with Crippen LogP contribution in [-0.4, -0.2) is 14.2 Å². The molecule has 0 saturated heterocycles. The Morgan fingerprint density at radius 1 is 1.00 bits per heavy atom. The van der Waals surface area contributed by atoms with Gasteiger partial charge >= 0.3 is 0 Å². The van der Waals surface area contributed by atoms with Crippen molar-refractivity contribution in [3.8, 4) is 0 Å². The zero-order chi connectivity index (χ0) is 7.82. The number of unbranched alkanes of at least 4 members (excludes halogenated alkanes) is 4. The average Bonchev–Trinajstić information content (AvgIpc) is 1.87. The lowest BCUT2D eigenvalue weighted by Crippen LogP contribution is -1.87. The molecule has 0 amide bonds. The van der Waals surface area contributed by atoms with Gasteiger partial charge in [0.15, 0.2) is 0 Å². The van der Waals surface area contributed by atoms with Gasteiger partial charge in [0.1, 0.15) is 10.7 Å². The van der Waals surface area contributed by atoms with E-state index in [0.29, 0.717) is 5.75 Å². The highest BCUT2D eigenvalue weighted by Gasteiger charge is 1.89. The van der Waals surface area contributed by atoms with E-state index in [9.17, 15) is 8.42 Å². The first-order valence-electron chi connectivity index (χ1n) is 3.68. The molecule has 0 aliphatic rings. The van der Waals surface area contributed by atoms with Crippen LogP contribution in [-0.2, 0) is 10.7 Å². The summed E-state index contributed by atoms with van der Waals surface area (Å²) in [5.41, 5.74) is 0. The predicted octanol–water partition coefficient (Wildman–Crippen LogP) is 1.38. The van der Waals surface area contributed by atoms with Gasteiger partial charge in [0, 0.05) is 5.75 Å². The summed E-state index contributed by atoms with van der Waals surface area (Å²) < 4.78 is 20.1. The van der Waals surface area contributed by atoms with E-state index >= 15 is 0 Å². The van der Waals surface area contributed by atoms with E-state index in [1.807, 2.05) is 0 Å². The summed E-state index contributed by atoms with van der Waals surface area (Å²) in [6, 6.07) is 0. The molecule has 10 heavy (non-hydrogen) atoms. The number of thiol groups is 1. The third-order valence-corrected chi connectivity index (χ3v) is 2.02. The number of hydrogen-bond donors (Lipinski definition) is 1. The molecule has 0 saturated carbocycles. The lowest BCUT2D eigenvalue weighted by Gasteiger charge is -1.93. The molecule has 0 aromatic heterocycles. The minimum absolute atomic E-state index is 0.354. The van der Waals surface area contributed by atoms with Gasteiger partial charge in [-0.25, -0.2) is 8.42 Å². The second-order valence-corrected chi connectivity index (χ2v) is 3.44. The van der Waals surface area contributed by atoms with Crippen LogP contribution in [0, 0.1) is 6.92 Å². The first-order valence-corrected chi connectivity index (χ1v) is 5.04. The molecule has 0 bridgehead atoms. The molecule has 0 spiro atoms. The first kappa shape index (κ1) is 9.95. The summed E-state index contributed by atoms with van der Waals surface area (Å²) in [5, 5.41) is 0. The monoisotopic (exact) mass is 163 g/mol. The molecule has 0 fully saturated rings. The third-order valence-electron chi connectivity index (χ3n) is 1.34. The zero-order valence-corrected chi connectivity index (χ0v) is 7.11. The molecule has 0 aromatic carbocycles. The van der Waals surface area contributed by atoms with Gasteiger partial charge in [-0.05, 0) is 6.42 Å². The zero-order valence-electron chi connectivity index (χ0n) is 6.21. The van der Waals surface area contributed by atoms with Crippen LogP contribution in [0.1, 0.15) is 32.1 Å². The van der Waals surface area contributed by atoms with Gasteiger partial charge in [0.2, 0.25) is 0 Å². The Kier molecular flexibility index (Phi) is 7.03. The van der Waals surface area contributed by atoms with Gasteiger partial charge in [-0.3, -0.25) is 0 Å². The van der Waals surface area contributed by atoms with Crippen LogP contribution in [0.2, 0.25) is 0 Å². The quantitative estimate of drug-likeness (QED) is 0.474. The predicted molar refractivity (Wildman–Crippen MR) is 43.6 cm³/mol. The van der Waals surface area contributed by atoms with E-state index in [1.165, 1.54) is 0 Å². The minimum Gasteiger partial charge on any atom is -0.232 e. The van der Waals surface area contributed by atoms with E-state index in [-0.39, 0.29) is 0 Å². The van der Waals surface area contributed by atoms with E-state index in [2.05, 4.69) is 6.92 Å². The molecule has 0 heterocycles. The van der Waals surface area contributed by atoms with Crippen molar-refractivity contribution in [2.45, 2.75) is 32.1 Å². The summed E-state index contributed by atoms with van der Waals surface area (Å²) in [4.78, 5) is 0. The maximum atomic E-state index is 10.1. The highest BCUT2D eigenvalue weighted by molar-refractivity contribution is 7.72. The highest BCUT2D eigenvalue weighted by Crippen LogP contribution is 2.01. The molecule has 1 radical (unpaired) electrons. The van der Waals surface area contributed by atoms with Crippen LogP contribution in [0.3, 0.4) is 0 Å². The standard InChI is InChI=1S/C7H15O2S/c1-2-3-4-5-6-7-10(8)9/h10H,1-7H2. The Labute approximate surface area is 64.6 Å². The number of hydrogen-bond acceptors (Lipinski definition) is 2. The van der Waals surface area contributed by atoms with Gasteiger partial charge in [-0.2, -0.15) is 0 Å². The molecule has 61 valence electrons. The fraction of sp³-hybridized carbons (Fsp3) is 0.857. The second-order valence-electron chi connectivity index (χ2n) is 2.32. The van der Waals surface area contributed by atoms with Crippen molar-refractivity contribution in [1.82, 2.24) is 0 Å². The fourth-order valence-corrected chi connectivity index (χ4v) is 1.25. The first-order chi connectivity index (χ1) is 4.77. The molecule has 0 atom stereocenters. The molecule has 0 N–H and O–H groups in total. The van der Waals surface area contributed by atoms with Gasteiger partial charge in [0.05, 0.1) is 0 Å². The minimum atomic E-state index is -2.14. The molecular weight excluding hydrogens is 148 g/mol. The number of rotatable bonds is 6. The van der Waals surface area contributed by atoms with E-state index in [1.54, 1.807) is 0 Å². The van der Waals surface area contributed by atoms with Gasteiger partial charge < -0.3 is 0 Å². The smallest absolute Gasteiger partial charge is 0.140 e. The van der Waals surface area contributed by atoms with Crippen LogP contribution >= 0.6 is 0 Å². The lowest BCUT2D eigenvalue weighted by molar-refractivity contribution is 0.605. The van der Waals surface area contributed by atoms with Crippen molar-refractivity contribution in [2.75, 3.05) is 5.75 Å². The Morgan fingerprint density at radius 2 is 1.60 bits per heavy atom. The van der Waals surface area contributed by atoms with Crippen LogP contribution in [0.25, 0.3) is 0 Å². The molecule has 0 aromatic rings. The van der Waals surface area contributed by atoms with Crippen molar-refractivity contribution < 1.29 is 8.42 Å². The van der Waals surface area contributed by atoms with Gasteiger partial charge in [-0.1, -0.05) is 32.6 Å². The average molecular weight is 163 g/mol. The van der Waals surface area contributed by atoms with Crippen molar-refractivity contribution in [1.29, 1.82) is 0 Å². The maximum absolute atomic E-state index is 10.1. The molecular formula is C7H15O2S. The Bertz CT molecular complexity index is 122. The van der Waals surface area contributed by atoms with Crippen LogP contribution in [0.5, 0.6) is 0 Å². The van der Waals surface area contributed by atoms with Crippen molar-refractivity contribution in [3.63, 3.8) is 0 Å². The summed E-state index contributed by atoms with van der Waals surface area (Å²) in [5.74, 6) is 0.354. The third kappa shape index (κ3) is 7.95. The molecule has 0 aliphatic heterocycles. The summed E-state index contributed by atoms with van der Waals surface area (Å²) in [6.07, 6.45) is 5.05. The van der Waals surface area contributed by atoms with Crippen LogP contribution in [0.4, 0.5) is 0 Å². The molecule has 0 unspecified atom stereocenters. The summed E-state index contributed by atoms with van der Waals surface area (Å²) >= 11 is 0. The normalized spacial score (nSPS) is 10.6. The second kappa shape index (κ2) is 7.06. The Balaban J connectivity index is 2.91. The summed E-state index contributed by atoms with van der Waals surface area (Å²) in [7, 11) is -2.14. The SMILES string of the molecule is [CH2]CCCCCC[SH](=O)=O. The van der Waals surface area contributed by atoms with Crippen molar-refractivity contribution >= 4 is 10.7 Å². The maximum Gasteiger partial charge on any atom is 0.140 e. The molecule has 0 aliphatic carbocycles. The van der Waals surface area contributed by atoms with Gasteiger partial charge in [0.25, 0.3) is 0 Å². The molecule has 3 heteroatoms. The summed E-state index contributed by atoms with van der Waals surface area (Å²) in [6.45, 7) is 3.70. The van der Waals surface area contributed by atoms with Crippen molar-refractivity contribution in [2.24, 2.45) is 0 Å². The van der Waals surface area contributed by atoms with E-state index in [0.717, 1.165) is 32.1 Å². The van der Waals surface area contributed by atoms with E-state index in [4.69, 9.17) is 0 Å². The lowest BCUT2D eigenvalue weighted by atomic mass is 10.2. The largest absolute Gasteiger partial charge is 0.232 e. The topological polar surface area (TPSA) is 34.1 Å². The van der Waals surface area contributed by atoms with Gasteiger partial charge in [-0.15, -0.1) is 0 Å². The van der Waals surface area contributed by atoms with E-state index < -0.39 is 10.7 Å². The van der Waals surface area contributed by atoms with Crippen LogP contribution < -0.4 is 0 Å². The fourth-order valence-electron chi connectivity index (χ4n) is 0.771. The highest BCUT2D eigenvalue weighted by atomic mass is 32.2. The molecule has 0 rings (SSSR count). The Morgan fingerprint density at radius 3 is 2.10 bits per heavy atom. The molecule has 2 nitrogen and oxygen atoms in total.